The first kappa shape index (κ1) is 29.7. The summed E-state index contributed by atoms with van der Waals surface area (Å²) in [5.74, 6) is 0.623. The van der Waals surface area contributed by atoms with Gasteiger partial charge in [-0.1, -0.05) is 109 Å². The Morgan fingerprint density at radius 3 is 1.76 bits per heavy atom. The van der Waals surface area contributed by atoms with Crippen LogP contribution < -0.4 is 4.90 Å². The molecule has 0 saturated heterocycles. The number of para-hydroxylation sites is 1. The molecule has 9 rings (SSSR count). The highest BCUT2D eigenvalue weighted by atomic mass is 16.3. The SMILES string of the molecule is Cc1cc(-c2ccccc2)c(N(c2ccccc2)c2ccc3c(-c4ccccc4)cc4ccc5nc(-c6ccccc6)oc5c4c3c2)cc1C. The molecule has 0 N–H and O–H groups in total. The highest BCUT2D eigenvalue weighted by Gasteiger charge is 2.21. The smallest absolute Gasteiger partial charge is 0.227 e. The maximum atomic E-state index is 6.67. The van der Waals surface area contributed by atoms with Crippen molar-refractivity contribution in [3.05, 3.63) is 181 Å². The van der Waals surface area contributed by atoms with Crippen LogP contribution in [0.25, 0.3) is 66.4 Å². The van der Waals surface area contributed by atoms with E-state index in [1.165, 1.54) is 33.4 Å². The number of rotatable bonds is 6. The van der Waals surface area contributed by atoms with Crippen molar-refractivity contribution in [2.75, 3.05) is 4.90 Å². The van der Waals surface area contributed by atoms with Gasteiger partial charge in [0.15, 0.2) is 5.58 Å². The molecular weight excluding hydrogens is 609 g/mol. The number of hydrogen-bond donors (Lipinski definition) is 0. The summed E-state index contributed by atoms with van der Waals surface area (Å²) in [4.78, 5) is 7.35. The monoisotopic (exact) mass is 642 g/mol. The standard InChI is InChI=1S/C47H34N2O/c1-31-27-41(34-17-9-4-10-18-34)44(28-32(31)2)49(37-21-13-6-14-22-37)38-24-25-39-40(33-15-7-3-8-16-33)29-36-23-26-43-46(45(36)42(39)30-38)50-47(48-43)35-19-11-5-12-20-35/h3-30H,1-2H3. The highest BCUT2D eigenvalue weighted by molar-refractivity contribution is 6.22. The molecule has 0 atom stereocenters. The van der Waals surface area contributed by atoms with E-state index in [2.05, 4.69) is 158 Å². The maximum Gasteiger partial charge on any atom is 0.227 e. The Hall–Kier alpha value is -6.45. The number of fused-ring (bicyclic) bond motifs is 5. The fraction of sp³-hybridized carbons (Fsp3) is 0.0426. The summed E-state index contributed by atoms with van der Waals surface area (Å²) in [5, 5.41) is 4.45. The van der Waals surface area contributed by atoms with Crippen LogP contribution in [0, 0.1) is 13.8 Å². The summed E-state index contributed by atoms with van der Waals surface area (Å²) in [7, 11) is 0. The Morgan fingerprint density at radius 1 is 0.480 bits per heavy atom. The molecular formula is C47H34N2O. The lowest BCUT2D eigenvalue weighted by Crippen LogP contribution is -2.12. The molecule has 50 heavy (non-hydrogen) atoms. The van der Waals surface area contributed by atoms with Gasteiger partial charge in [0.1, 0.15) is 5.52 Å². The van der Waals surface area contributed by atoms with Crippen LogP contribution in [0.4, 0.5) is 17.1 Å². The zero-order valence-electron chi connectivity index (χ0n) is 28.0. The molecule has 3 nitrogen and oxygen atoms in total. The predicted molar refractivity (Wildman–Crippen MR) is 209 cm³/mol. The van der Waals surface area contributed by atoms with Gasteiger partial charge in [-0.25, -0.2) is 4.98 Å². The van der Waals surface area contributed by atoms with Gasteiger partial charge in [0, 0.05) is 27.9 Å². The molecule has 1 aromatic heterocycles. The van der Waals surface area contributed by atoms with Crippen LogP contribution in [0.5, 0.6) is 0 Å². The van der Waals surface area contributed by atoms with Gasteiger partial charge < -0.3 is 9.32 Å². The van der Waals surface area contributed by atoms with Crippen LogP contribution in [0.2, 0.25) is 0 Å². The van der Waals surface area contributed by atoms with Crippen molar-refractivity contribution in [1.82, 2.24) is 4.98 Å². The lowest BCUT2D eigenvalue weighted by Gasteiger charge is -2.29. The summed E-state index contributed by atoms with van der Waals surface area (Å²) in [6.45, 7) is 4.39. The summed E-state index contributed by atoms with van der Waals surface area (Å²) < 4.78 is 6.67. The highest BCUT2D eigenvalue weighted by Crippen LogP contribution is 2.46. The summed E-state index contributed by atoms with van der Waals surface area (Å²) in [6, 6.07) is 60.2. The Bertz CT molecular complexity index is 2650. The topological polar surface area (TPSA) is 29.3 Å². The first-order valence-electron chi connectivity index (χ1n) is 17.0. The molecule has 9 aromatic rings. The summed E-state index contributed by atoms with van der Waals surface area (Å²) in [5.41, 5.74) is 13.1. The van der Waals surface area contributed by atoms with E-state index in [-0.39, 0.29) is 0 Å². The minimum absolute atomic E-state index is 0.623. The van der Waals surface area contributed by atoms with Gasteiger partial charge in [-0.15, -0.1) is 0 Å². The van der Waals surface area contributed by atoms with Crippen LogP contribution in [-0.2, 0) is 0 Å². The van der Waals surface area contributed by atoms with Gasteiger partial charge in [-0.2, -0.15) is 0 Å². The van der Waals surface area contributed by atoms with Crippen molar-refractivity contribution in [1.29, 1.82) is 0 Å². The Balaban J connectivity index is 1.37. The summed E-state index contributed by atoms with van der Waals surface area (Å²) in [6.07, 6.45) is 0. The van der Waals surface area contributed by atoms with E-state index < -0.39 is 0 Å². The molecule has 0 aliphatic heterocycles. The Morgan fingerprint density at radius 2 is 1.08 bits per heavy atom. The largest absolute Gasteiger partial charge is 0.435 e. The lowest BCUT2D eigenvalue weighted by molar-refractivity contribution is 0.623. The number of hydrogen-bond acceptors (Lipinski definition) is 3. The first-order valence-corrected chi connectivity index (χ1v) is 17.0. The third-order valence-corrected chi connectivity index (χ3v) is 9.77. The van der Waals surface area contributed by atoms with E-state index in [9.17, 15) is 0 Å². The first-order chi connectivity index (χ1) is 24.6. The van der Waals surface area contributed by atoms with Crippen LogP contribution in [0.3, 0.4) is 0 Å². The van der Waals surface area contributed by atoms with Crippen molar-refractivity contribution in [2.45, 2.75) is 13.8 Å². The zero-order valence-corrected chi connectivity index (χ0v) is 28.0. The number of aryl methyl sites for hydroxylation is 2. The number of benzene rings is 8. The third-order valence-electron chi connectivity index (χ3n) is 9.77. The molecule has 0 spiro atoms. The van der Waals surface area contributed by atoms with E-state index in [4.69, 9.17) is 9.40 Å². The van der Waals surface area contributed by atoms with Crippen LogP contribution >= 0.6 is 0 Å². The van der Waals surface area contributed by atoms with Crippen LogP contribution in [0.1, 0.15) is 11.1 Å². The Kier molecular flexibility index (Phi) is 7.25. The molecule has 238 valence electrons. The van der Waals surface area contributed by atoms with E-state index in [0.717, 1.165) is 55.3 Å². The molecule has 1 heterocycles. The van der Waals surface area contributed by atoms with E-state index >= 15 is 0 Å². The van der Waals surface area contributed by atoms with Gasteiger partial charge in [-0.3, -0.25) is 0 Å². The fourth-order valence-electron chi connectivity index (χ4n) is 7.15. The molecule has 0 amide bonds. The average Bonchev–Trinajstić information content (AvgIpc) is 3.62. The number of aromatic nitrogens is 1. The quantitative estimate of drug-likeness (QED) is 0.169. The van der Waals surface area contributed by atoms with Gasteiger partial charge in [0.05, 0.1) is 5.69 Å². The van der Waals surface area contributed by atoms with Gasteiger partial charge in [0.25, 0.3) is 0 Å². The van der Waals surface area contributed by atoms with Gasteiger partial charge >= 0.3 is 0 Å². The minimum atomic E-state index is 0.623. The van der Waals surface area contributed by atoms with E-state index in [1.807, 2.05) is 30.3 Å². The zero-order chi connectivity index (χ0) is 33.6. The number of anilines is 3. The molecule has 3 heteroatoms. The molecule has 0 aliphatic rings. The van der Waals surface area contributed by atoms with Crippen molar-refractivity contribution >= 4 is 49.7 Å². The van der Waals surface area contributed by atoms with E-state index in [1.54, 1.807) is 0 Å². The lowest BCUT2D eigenvalue weighted by atomic mass is 9.92. The molecule has 0 bridgehead atoms. The Labute approximate surface area is 291 Å². The summed E-state index contributed by atoms with van der Waals surface area (Å²) >= 11 is 0. The molecule has 0 unspecified atom stereocenters. The number of nitrogens with zero attached hydrogens (tertiary/aromatic N) is 2. The third kappa shape index (κ3) is 5.12. The van der Waals surface area contributed by atoms with Crippen molar-refractivity contribution in [3.8, 4) is 33.7 Å². The fourth-order valence-corrected chi connectivity index (χ4v) is 7.15. The van der Waals surface area contributed by atoms with Gasteiger partial charge in [-0.05, 0) is 118 Å². The average molecular weight is 643 g/mol. The van der Waals surface area contributed by atoms with Crippen molar-refractivity contribution in [2.24, 2.45) is 0 Å². The minimum Gasteiger partial charge on any atom is -0.435 e. The molecule has 0 aliphatic carbocycles. The van der Waals surface area contributed by atoms with Gasteiger partial charge in [0.2, 0.25) is 5.89 Å². The second-order valence-corrected chi connectivity index (χ2v) is 12.9. The maximum absolute atomic E-state index is 6.67. The molecule has 0 radical (unpaired) electrons. The second-order valence-electron chi connectivity index (χ2n) is 12.9. The molecule has 8 aromatic carbocycles. The second kappa shape index (κ2) is 12.2. The van der Waals surface area contributed by atoms with E-state index in [0.29, 0.717) is 5.89 Å². The normalized spacial score (nSPS) is 11.4. The molecule has 0 saturated carbocycles. The van der Waals surface area contributed by atoms with Crippen LogP contribution in [0.15, 0.2) is 174 Å². The van der Waals surface area contributed by atoms with Crippen molar-refractivity contribution in [3.63, 3.8) is 0 Å². The molecule has 0 fully saturated rings. The van der Waals surface area contributed by atoms with Crippen molar-refractivity contribution < 1.29 is 4.42 Å². The van der Waals surface area contributed by atoms with Crippen LogP contribution in [-0.4, -0.2) is 4.98 Å². The number of oxazole rings is 1. The predicted octanol–water partition coefficient (Wildman–Crippen LogP) is 13.2.